The maximum absolute atomic E-state index is 5.51. The summed E-state index contributed by atoms with van der Waals surface area (Å²) < 4.78 is 7.44. The zero-order valence-corrected chi connectivity index (χ0v) is 16.6. The molecule has 0 aliphatic carbocycles. The Morgan fingerprint density at radius 1 is 1.29 bits per heavy atom. The van der Waals surface area contributed by atoms with Crippen LogP contribution in [0.4, 0.5) is 0 Å². The second-order valence-corrected chi connectivity index (χ2v) is 5.06. The molecule has 132 valence electrons. The minimum Gasteiger partial charge on any atom is -0.494 e. The summed E-state index contributed by atoms with van der Waals surface area (Å²) in [7, 11) is 1.78. The van der Waals surface area contributed by atoms with E-state index in [0.717, 1.165) is 36.8 Å². The lowest BCUT2D eigenvalue weighted by molar-refractivity contribution is 0.340. The van der Waals surface area contributed by atoms with Crippen LogP contribution >= 0.6 is 24.0 Å². The SMILES string of the molecule is CCOc1cccc(CNC(=NC)NCCCn2cccn2)c1.I. The average Bonchev–Trinajstić information content (AvgIpc) is 3.08. The molecule has 0 radical (unpaired) electrons. The lowest BCUT2D eigenvalue weighted by atomic mass is 10.2. The van der Waals surface area contributed by atoms with Crippen molar-refractivity contribution in [3.05, 3.63) is 48.3 Å². The summed E-state index contributed by atoms with van der Waals surface area (Å²) in [4.78, 5) is 4.24. The van der Waals surface area contributed by atoms with E-state index in [2.05, 4.69) is 26.8 Å². The summed E-state index contributed by atoms with van der Waals surface area (Å²) in [5.74, 6) is 1.70. The van der Waals surface area contributed by atoms with Gasteiger partial charge in [-0.25, -0.2) is 0 Å². The summed E-state index contributed by atoms with van der Waals surface area (Å²) >= 11 is 0. The maximum Gasteiger partial charge on any atom is 0.191 e. The van der Waals surface area contributed by atoms with Gasteiger partial charge in [-0.15, -0.1) is 24.0 Å². The number of hydrogen-bond acceptors (Lipinski definition) is 3. The van der Waals surface area contributed by atoms with E-state index < -0.39 is 0 Å². The van der Waals surface area contributed by atoms with Crippen molar-refractivity contribution in [3.63, 3.8) is 0 Å². The van der Waals surface area contributed by atoms with Gasteiger partial charge in [-0.3, -0.25) is 9.67 Å². The van der Waals surface area contributed by atoms with E-state index in [9.17, 15) is 0 Å². The van der Waals surface area contributed by atoms with Crippen molar-refractivity contribution in [2.24, 2.45) is 4.99 Å². The molecule has 0 bridgehead atoms. The standard InChI is InChI=1S/C17H25N5O.HI/c1-3-23-16-8-4-7-15(13-16)14-20-17(18-2)19-9-5-11-22-12-6-10-21-22;/h4,6-8,10,12-13H,3,5,9,11,14H2,1-2H3,(H2,18,19,20);1H. The van der Waals surface area contributed by atoms with Crippen molar-refractivity contribution in [3.8, 4) is 5.75 Å². The van der Waals surface area contributed by atoms with Crippen LogP contribution in [0.25, 0.3) is 0 Å². The minimum atomic E-state index is 0. The first-order valence-corrected chi connectivity index (χ1v) is 7.95. The van der Waals surface area contributed by atoms with Gasteiger partial charge in [0.05, 0.1) is 6.61 Å². The number of rotatable bonds is 8. The van der Waals surface area contributed by atoms with Gasteiger partial charge in [0.25, 0.3) is 0 Å². The van der Waals surface area contributed by atoms with E-state index in [1.54, 1.807) is 13.2 Å². The Bertz CT molecular complexity index is 601. The van der Waals surface area contributed by atoms with Gasteiger partial charge in [0, 0.05) is 39.1 Å². The van der Waals surface area contributed by atoms with Crippen LogP contribution < -0.4 is 15.4 Å². The highest BCUT2D eigenvalue weighted by atomic mass is 127. The molecule has 0 aliphatic rings. The molecule has 6 nitrogen and oxygen atoms in total. The van der Waals surface area contributed by atoms with Crippen LogP contribution in [0.3, 0.4) is 0 Å². The van der Waals surface area contributed by atoms with E-state index in [-0.39, 0.29) is 24.0 Å². The second kappa shape index (κ2) is 11.7. The average molecular weight is 443 g/mol. The number of halogens is 1. The van der Waals surface area contributed by atoms with Gasteiger partial charge < -0.3 is 15.4 Å². The molecule has 0 amide bonds. The summed E-state index contributed by atoms with van der Waals surface area (Å²) in [6, 6.07) is 10.0. The molecule has 0 aliphatic heterocycles. The number of hydrogen-bond donors (Lipinski definition) is 2. The Hall–Kier alpha value is -1.77. The molecule has 1 heterocycles. The zero-order chi connectivity index (χ0) is 16.3. The summed E-state index contributed by atoms with van der Waals surface area (Å²) in [5.41, 5.74) is 1.16. The van der Waals surface area contributed by atoms with Gasteiger partial charge in [0.2, 0.25) is 0 Å². The largest absolute Gasteiger partial charge is 0.494 e. The fraction of sp³-hybridized carbons (Fsp3) is 0.412. The predicted molar refractivity (Wildman–Crippen MR) is 108 cm³/mol. The zero-order valence-electron chi connectivity index (χ0n) is 14.2. The number of aliphatic imine (C=N–C) groups is 1. The van der Waals surface area contributed by atoms with Crippen molar-refractivity contribution >= 4 is 29.9 Å². The molecule has 1 aromatic carbocycles. The third kappa shape index (κ3) is 7.20. The van der Waals surface area contributed by atoms with Crippen LogP contribution in [0.1, 0.15) is 18.9 Å². The molecular weight excluding hydrogens is 417 g/mol. The molecule has 0 saturated heterocycles. The Balaban J connectivity index is 0.00000288. The van der Waals surface area contributed by atoms with E-state index in [4.69, 9.17) is 4.74 Å². The van der Waals surface area contributed by atoms with Gasteiger partial charge in [-0.05, 0) is 37.1 Å². The van der Waals surface area contributed by atoms with Gasteiger partial charge in [-0.1, -0.05) is 12.1 Å². The number of nitrogens with zero attached hydrogens (tertiary/aromatic N) is 3. The topological polar surface area (TPSA) is 63.5 Å². The van der Waals surface area contributed by atoms with E-state index >= 15 is 0 Å². The highest BCUT2D eigenvalue weighted by Crippen LogP contribution is 2.12. The fourth-order valence-electron chi connectivity index (χ4n) is 2.20. The van der Waals surface area contributed by atoms with Crippen molar-refractivity contribution in [1.82, 2.24) is 20.4 Å². The van der Waals surface area contributed by atoms with Crippen molar-refractivity contribution in [2.45, 2.75) is 26.4 Å². The number of nitrogens with one attached hydrogen (secondary N) is 2. The molecule has 7 heteroatoms. The van der Waals surface area contributed by atoms with Crippen LogP contribution in [0.15, 0.2) is 47.7 Å². The molecule has 2 N–H and O–H groups in total. The molecule has 0 atom stereocenters. The van der Waals surface area contributed by atoms with Gasteiger partial charge in [0.1, 0.15) is 5.75 Å². The third-order valence-corrected chi connectivity index (χ3v) is 3.31. The Kier molecular flexibility index (Phi) is 9.90. The molecule has 0 spiro atoms. The number of aromatic nitrogens is 2. The van der Waals surface area contributed by atoms with E-state index in [0.29, 0.717) is 13.2 Å². The van der Waals surface area contributed by atoms with Crippen LogP contribution in [0, 0.1) is 0 Å². The molecule has 0 saturated carbocycles. The Labute approximate surface area is 160 Å². The Morgan fingerprint density at radius 2 is 2.17 bits per heavy atom. The fourth-order valence-corrected chi connectivity index (χ4v) is 2.20. The lowest BCUT2D eigenvalue weighted by Gasteiger charge is -2.12. The van der Waals surface area contributed by atoms with E-state index in [1.165, 1.54) is 0 Å². The van der Waals surface area contributed by atoms with Crippen LogP contribution in [0.2, 0.25) is 0 Å². The van der Waals surface area contributed by atoms with Gasteiger partial charge in [0.15, 0.2) is 5.96 Å². The number of guanidine groups is 1. The molecule has 0 unspecified atom stereocenters. The molecular formula is C17H26IN5O. The first-order chi connectivity index (χ1) is 11.3. The quantitative estimate of drug-likeness (QED) is 0.285. The van der Waals surface area contributed by atoms with Crippen molar-refractivity contribution < 1.29 is 4.74 Å². The van der Waals surface area contributed by atoms with Crippen LogP contribution in [0.5, 0.6) is 5.75 Å². The first-order valence-electron chi connectivity index (χ1n) is 7.95. The lowest BCUT2D eigenvalue weighted by Crippen LogP contribution is -2.37. The van der Waals surface area contributed by atoms with Crippen molar-refractivity contribution in [2.75, 3.05) is 20.2 Å². The summed E-state index contributed by atoms with van der Waals surface area (Å²) in [5, 5.41) is 10.8. The summed E-state index contributed by atoms with van der Waals surface area (Å²) in [6.45, 7) is 5.11. The van der Waals surface area contributed by atoms with Crippen LogP contribution in [-0.4, -0.2) is 35.9 Å². The van der Waals surface area contributed by atoms with Crippen LogP contribution in [-0.2, 0) is 13.1 Å². The number of aryl methyl sites for hydroxylation is 1. The molecule has 24 heavy (non-hydrogen) atoms. The molecule has 2 aromatic rings. The highest BCUT2D eigenvalue weighted by Gasteiger charge is 2.00. The minimum absolute atomic E-state index is 0. The Morgan fingerprint density at radius 3 is 2.88 bits per heavy atom. The number of benzene rings is 1. The third-order valence-electron chi connectivity index (χ3n) is 3.31. The summed E-state index contributed by atoms with van der Waals surface area (Å²) in [6.07, 6.45) is 4.75. The first kappa shape index (κ1) is 20.3. The smallest absolute Gasteiger partial charge is 0.191 e. The molecule has 0 fully saturated rings. The maximum atomic E-state index is 5.51. The van der Waals surface area contributed by atoms with Gasteiger partial charge >= 0.3 is 0 Å². The highest BCUT2D eigenvalue weighted by molar-refractivity contribution is 14.0. The molecule has 1 aromatic heterocycles. The normalized spacial score (nSPS) is 10.8. The van der Waals surface area contributed by atoms with Gasteiger partial charge in [-0.2, -0.15) is 5.10 Å². The predicted octanol–water partition coefficient (Wildman–Crippen LogP) is 2.66. The van der Waals surface area contributed by atoms with Crippen molar-refractivity contribution in [1.29, 1.82) is 0 Å². The van der Waals surface area contributed by atoms with E-state index in [1.807, 2.05) is 42.1 Å². The number of ether oxygens (including phenoxy) is 1. The monoisotopic (exact) mass is 443 g/mol. The second-order valence-electron chi connectivity index (χ2n) is 5.06. The molecule has 2 rings (SSSR count).